The highest BCUT2D eigenvalue weighted by Gasteiger charge is 2.24. The number of nitrogens with zero attached hydrogens (tertiary/aromatic N) is 3. The molecule has 0 fully saturated rings. The summed E-state index contributed by atoms with van der Waals surface area (Å²) in [5.41, 5.74) is 6.52. The molecule has 0 saturated heterocycles. The van der Waals surface area contributed by atoms with Gasteiger partial charge in [-0.3, -0.25) is 15.5 Å². The molecule has 1 aromatic heterocycles. The molecule has 0 spiro atoms. The van der Waals surface area contributed by atoms with Crippen molar-refractivity contribution in [3.63, 3.8) is 0 Å². The van der Waals surface area contributed by atoms with Crippen molar-refractivity contribution >= 4 is 40.0 Å². The summed E-state index contributed by atoms with van der Waals surface area (Å²) in [6.07, 6.45) is 0. The lowest BCUT2D eigenvalue weighted by molar-refractivity contribution is -0.384. The number of aryl methyl sites for hydroxylation is 1. The van der Waals surface area contributed by atoms with Crippen molar-refractivity contribution in [2.75, 3.05) is 12.4 Å². The molecule has 1 aliphatic heterocycles. The number of aromatic nitrogens is 1. The van der Waals surface area contributed by atoms with Gasteiger partial charge in [-0.05, 0) is 32.4 Å². The van der Waals surface area contributed by atoms with E-state index in [4.69, 9.17) is 4.74 Å². The van der Waals surface area contributed by atoms with Crippen molar-refractivity contribution < 1.29 is 14.5 Å². The van der Waals surface area contributed by atoms with Gasteiger partial charge in [0.15, 0.2) is 5.17 Å². The molecule has 0 unspecified atom stereocenters. The van der Waals surface area contributed by atoms with Crippen LogP contribution in [0.5, 0.6) is 0 Å². The van der Waals surface area contributed by atoms with Gasteiger partial charge in [-0.1, -0.05) is 23.9 Å². The number of para-hydroxylation sites is 2. The number of H-pyrrole nitrogens is 1. The van der Waals surface area contributed by atoms with Gasteiger partial charge in [-0.25, -0.2) is 9.79 Å². The number of thioether (sulfide) groups is 1. The first-order valence-corrected chi connectivity index (χ1v) is 9.55. The van der Waals surface area contributed by atoms with Gasteiger partial charge in [0.05, 0.1) is 28.5 Å². The summed E-state index contributed by atoms with van der Waals surface area (Å²) < 4.78 is 5.11. The molecule has 1 aliphatic rings. The summed E-state index contributed by atoms with van der Waals surface area (Å²) >= 11 is 1.37. The van der Waals surface area contributed by atoms with Crippen LogP contribution in [0.2, 0.25) is 0 Å². The van der Waals surface area contributed by atoms with Crippen molar-refractivity contribution in [2.24, 2.45) is 10.1 Å². The van der Waals surface area contributed by atoms with Gasteiger partial charge in [0.1, 0.15) is 5.69 Å². The van der Waals surface area contributed by atoms with Crippen molar-refractivity contribution in [3.8, 4) is 0 Å². The van der Waals surface area contributed by atoms with Crippen LogP contribution in [0, 0.1) is 24.0 Å². The van der Waals surface area contributed by atoms with E-state index < -0.39 is 4.92 Å². The van der Waals surface area contributed by atoms with Crippen LogP contribution in [-0.4, -0.2) is 39.1 Å². The summed E-state index contributed by atoms with van der Waals surface area (Å²) in [4.78, 5) is 30.3. The second kappa shape index (κ2) is 8.26. The molecule has 2 heterocycles. The van der Waals surface area contributed by atoms with Crippen molar-refractivity contribution in [1.82, 2.24) is 10.4 Å². The molecule has 10 heteroatoms. The average Bonchev–Trinajstić information content (AvgIpc) is 2.97. The molecular weight excluding hydrogens is 382 g/mol. The number of amidine groups is 1. The molecule has 0 atom stereocenters. The number of nitro groups is 1. The summed E-state index contributed by atoms with van der Waals surface area (Å²) in [6.45, 7) is 5.73. The quantitative estimate of drug-likeness (QED) is 0.449. The lowest BCUT2D eigenvalue weighted by Gasteiger charge is -2.14. The topological polar surface area (TPSA) is 122 Å². The van der Waals surface area contributed by atoms with Crippen LogP contribution in [0.15, 0.2) is 34.4 Å². The molecule has 146 valence electrons. The predicted octanol–water partition coefficient (Wildman–Crippen LogP) is 3.44. The number of nitrogens with one attached hydrogen (secondary N) is 2. The molecule has 0 radical (unpaired) electrons. The van der Waals surface area contributed by atoms with Crippen LogP contribution in [0.4, 0.5) is 11.4 Å². The molecule has 0 amide bonds. The number of hydrogen-bond donors (Lipinski definition) is 2. The second-order valence-corrected chi connectivity index (χ2v) is 6.93. The lowest BCUT2D eigenvalue weighted by atomic mass is 10.1. The van der Waals surface area contributed by atoms with E-state index >= 15 is 0 Å². The third-order valence-corrected chi connectivity index (χ3v) is 5.01. The Kier molecular flexibility index (Phi) is 5.78. The lowest BCUT2D eigenvalue weighted by Crippen LogP contribution is -2.26. The minimum absolute atomic E-state index is 0.0675. The fourth-order valence-electron chi connectivity index (χ4n) is 2.87. The van der Waals surface area contributed by atoms with Crippen LogP contribution in [-0.2, 0) is 4.74 Å². The Morgan fingerprint density at radius 2 is 2.14 bits per heavy atom. The van der Waals surface area contributed by atoms with Gasteiger partial charge in [0, 0.05) is 17.5 Å². The smallest absolute Gasteiger partial charge is 0.340 e. The minimum Gasteiger partial charge on any atom is -0.462 e. The van der Waals surface area contributed by atoms with Gasteiger partial charge in [-0.15, -0.1) is 0 Å². The van der Waals surface area contributed by atoms with Crippen LogP contribution in [0.3, 0.4) is 0 Å². The number of aromatic amines is 1. The highest BCUT2D eigenvalue weighted by Crippen LogP contribution is 2.28. The van der Waals surface area contributed by atoms with E-state index in [0.717, 1.165) is 22.7 Å². The van der Waals surface area contributed by atoms with Crippen molar-refractivity contribution in [3.05, 3.63) is 56.9 Å². The van der Waals surface area contributed by atoms with Crippen molar-refractivity contribution in [1.29, 1.82) is 0 Å². The maximum Gasteiger partial charge on any atom is 0.340 e. The fourth-order valence-corrected chi connectivity index (χ4v) is 3.63. The summed E-state index contributed by atoms with van der Waals surface area (Å²) in [5, 5.41) is 15.9. The Bertz CT molecular complexity index is 996. The standard InChI is InChI=1S/C18H19N5O4S/c1-4-27-17(24)15-10(2)16(19-11(15)3)13-9-28-18(22-21-13)20-12-7-5-6-8-14(12)23(25)26/h5-8,19H,4,9H2,1-3H3,(H,20,22). The van der Waals surface area contributed by atoms with Crippen LogP contribution in [0.1, 0.15) is 34.2 Å². The van der Waals surface area contributed by atoms with Crippen LogP contribution >= 0.6 is 11.8 Å². The first-order chi connectivity index (χ1) is 13.4. The van der Waals surface area contributed by atoms with Crippen LogP contribution < -0.4 is 5.43 Å². The van der Waals surface area contributed by atoms with Gasteiger partial charge in [-0.2, -0.15) is 5.10 Å². The zero-order valence-corrected chi connectivity index (χ0v) is 16.4. The average molecular weight is 401 g/mol. The Labute approximate surface area is 165 Å². The Morgan fingerprint density at radius 3 is 2.79 bits per heavy atom. The number of carbonyl (C=O) groups excluding carboxylic acids is 1. The number of nitro benzene ring substituents is 1. The molecule has 0 saturated carbocycles. The number of hydrogen-bond acceptors (Lipinski definition) is 7. The first kappa shape index (κ1) is 19.6. The van der Waals surface area contributed by atoms with E-state index in [1.807, 2.05) is 13.8 Å². The second-order valence-electron chi connectivity index (χ2n) is 5.97. The van der Waals surface area contributed by atoms with Gasteiger partial charge in [0.25, 0.3) is 5.69 Å². The molecule has 28 heavy (non-hydrogen) atoms. The SMILES string of the molecule is CCOC(=O)c1c(C)[nH]c(C2=NNC(=Nc3ccccc3[N+](=O)[O-])SC2)c1C. The summed E-state index contributed by atoms with van der Waals surface area (Å²) in [7, 11) is 0. The molecule has 9 nitrogen and oxygen atoms in total. The van der Waals surface area contributed by atoms with E-state index in [0.29, 0.717) is 23.1 Å². The molecule has 0 aliphatic carbocycles. The maximum absolute atomic E-state index is 12.1. The number of aliphatic imine (C=N–C) groups is 1. The highest BCUT2D eigenvalue weighted by molar-refractivity contribution is 8.14. The third-order valence-electron chi connectivity index (χ3n) is 4.14. The Balaban J connectivity index is 1.84. The van der Waals surface area contributed by atoms with Gasteiger partial charge in [0.2, 0.25) is 0 Å². The number of benzene rings is 1. The zero-order chi connectivity index (χ0) is 20.3. The Hall–Kier alpha value is -3.14. The third kappa shape index (κ3) is 3.91. The Morgan fingerprint density at radius 1 is 1.39 bits per heavy atom. The predicted molar refractivity (Wildman–Crippen MR) is 109 cm³/mol. The molecule has 2 N–H and O–H groups in total. The van der Waals surface area contributed by atoms with E-state index in [1.165, 1.54) is 17.8 Å². The van der Waals surface area contributed by atoms with E-state index in [9.17, 15) is 14.9 Å². The summed E-state index contributed by atoms with van der Waals surface area (Å²) in [6, 6.07) is 6.27. The highest BCUT2D eigenvalue weighted by atomic mass is 32.2. The number of carbonyl (C=O) groups is 1. The normalized spacial score (nSPS) is 15.1. The zero-order valence-electron chi connectivity index (χ0n) is 15.6. The van der Waals surface area contributed by atoms with Gasteiger partial charge < -0.3 is 9.72 Å². The molecule has 1 aromatic carbocycles. The van der Waals surface area contributed by atoms with Gasteiger partial charge >= 0.3 is 5.97 Å². The van der Waals surface area contributed by atoms with Crippen LogP contribution in [0.25, 0.3) is 0 Å². The van der Waals surface area contributed by atoms with E-state index in [2.05, 4.69) is 20.5 Å². The van der Waals surface area contributed by atoms with Crippen molar-refractivity contribution in [2.45, 2.75) is 20.8 Å². The molecule has 0 bridgehead atoms. The number of esters is 1. The minimum atomic E-state index is -0.469. The largest absolute Gasteiger partial charge is 0.462 e. The molecule has 3 rings (SSSR count). The first-order valence-electron chi connectivity index (χ1n) is 8.56. The van der Waals surface area contributed by atoms with E-state index in [-0.39, 0.29) is 17.3 Å². The number of ether oxygens (including phenoxy) is 1. The molecule has 2 aromatic rings. The maximum atomic E-state index is 12.1. The molecular formula is C18H19N5O4S. The fraction of sp³-hybridized carbons (Fsp3) is 0.278. The monoisotopic (exact) mass is 401 g/mol. The van der Waals surface area contributed by atoms with E-state index in [1.54, 1.807) is 25.1 Å². The number of rotatable bonds is 5. The summed E-state index contributed by atoms with van der Waals surface area (Å²) in [5.74, 6) is 0.130. The number of hydrazone groups is 1.